The Bertz CT molecular complexity index is 533. The molecule has 1 aromatic rings. The van der Waals surface area contributed by atoms with Crippen LogP contribution in [0, 0.1) is 6.57 Å². The summed E-state index contributed by atoms with van der Waals surface area (Å²) >= 11 is 0. The van der Waals surface area contributed by atoms with E-state index in [-0.39, 0.29) is 19.0 Å². The quantitative estimate of drug-likeness (QED) is 0.821. The molecule has 0 bridgehead atoms. The monoisotopic (exact) mass is 259 g/mol. The van der Waals surface area contributed by atoms with E-state index >= 15 is 0 Å². The Balaban J connectivity index is 2.05. The topological polar surface area (TPSA) is 65.2 Å². The molecule has 0 saturated carbocycles. The molecule has 1 heterocycles. The summed E-state index contributed by atoms with van der Waals surface area (Å²) in [7, 11) is 0. The van der Waals surface area contributed by atoms with Crippen LogP contribution in [0.25, 0.3) is 4.85 Å². The van der Waals surface area contributed by atoms with Crippen LogP contribution in [0.2, 0.25) is 0 Å². The van der Waals surface area contributed by atoms with Gasteiger partial charge in [0.15, 0.2) is 5.69 Å². The average Bonchev–Trinajstić information content (AvgIpc) is 2.38. The molecule has 0 spiro atoms. The first-order valence-electron chi connectivity index (χ1n) is 5.82. The van der Waals surface area contributed by atoms with Crippen LogP contribution in [0.5, 0.6) is 0 Å². The summed E-state index contributed by atoms with van der Waals surface area (Å²) in [6.07, 6.45) is 0. The number of piperazine rings is 1. The van der Waals surface area contributed by atoms with E-state index in [9.17, 15) is 9.59 Å². The highest BCUT2D eigenvalue weighted by molar-refractivity contribution is 5.96. The van der Waals surface area contributed by atoms with Crippen molar-refractivity contribution in [1.29, 1.82) is 0 Å². The first-order valence-corrected chi connectivity index (χ1v) is 5.82. The van der Waals surface area contributed by atoms with E-state index in [0.29, 0.717) is 18.8 Å². The fourth-order valence-electron chi connectivity index (χ4n) is 2.03. The van der Waals surface area contributed by atoms with E-state index in [1.807, 2.05) is 0 Å². The molecule has 1 amide bonds. The molecule has 2 rings (SSSR count). The molecule has 1 N–H and O–H groups in total. The highest BCUT2D eigenvalue weighted by Gasteiger charge is 2.25. The van der Waals surface area contributed by atoms with E-state index in [1.54, 1.807) is 34.1 Å². The summed E-state index contributed by atoms with van der Waals surface area (Å²) in [5.41, 5.74) is 1.27. The fraction of sp³-hybridized carbons (Fsp3) is 0.308. The van der Waals surface area contributed by atoms with Crippen molar-refractivity contribution in [2.75, 3.05) is 31.1 Å². The van der Waals surface area contributed by atoms with Crippen LogP contribution >= 0.6 is 0 Å². The van der Waals surface area contributed by atoms with E-state index in [4.69, 9.17) is 11.7 Å². The third-order valence-electron chi connectivity index (χ3n) is 2.95. The number of anilines is 1. The molecule has 0 unspecified atom stereocenters. The first kappa shape index (κ1) is 13.1. The predicted octanol–water partition coefficient (Wildman–Crippen LogP) is 0.971. The minimum Gasteiger partial charge on any atom is -0.480 e. The van der Waals surface area contributed by atoms with Crippen LogP contribution in [0.1, 0.15) is 0 Å². The molecule has 1 fully saturated rings. The molecule has 0 aromatic heterocycles. The maximum absolute atomic E-state index is 12.0. The average molecular weight is 259 g/mol. The molecule has 0 atom stereocenters. The molecule has 0 aliphatic carbocycles. The molecule has 1 aromatic carbocycles. The zero-order valence-corrected chi connectivity index (χ0v) is 10.2. The number of benzene rings is 1. The van der Waals surface area contributed by atoms with Gasteiger partial charge in [-0.3, -0.25) is 14.5 Å². The summed E-state index contributed by atoms with van der Waals surface area (Å²) in [4.78, 5) is 29.1. The number of carbonyl (C=O) groups is 2. The van der Waals surface area contributed by atoms with E-state index in [0.717, 1.165) is 5.69 Å². The van der Waals surface area contributed by atoms with Gasteiger partial charge in [-0.05, 0) is 12.1 Å². The van der Waals surface area contributed by atoms with Gasteiger partial charge in [0.2, 0.25) is 5.91 Å². The number of rotatable bonds is 3. The lowest BCUT2D eigenvalue weighted by Crippen LogP contribution is -2.51. The molecule has 6 heteroatoms. The third-order valence-corrected chi connectivity index (χ3v) is 2.95. The molecule has 6 nitrogen and oxygen atoms in total. The summed E-state index contributed by atoms with van der Waals surface area (Å²) < 4.78 is 0. The van der Waals surface area contributed by atoms with Crippen LogP contribution in [0.4, 0.5) is 11.4 Å². The first-order chi connectivity index (χ1) is 9.10. The zero-order chi connectivity index (χ0) is 13.8. The number of carbonyl (C=O) groups excluding carboxylic acids is 1. The van der Waals surface area contributed by atoms with Crippen LogP contribution in [-0.2, 0) is 9.59 Å². The minimum atomic E-state index is -0.928. The maximum atomic E-state index is 12.0. The van der Waals surface area contributed by atoms with Gasteiger partial charge in [0.25, 0.3) is 0 Å². The highest BCUT2D eigenvalue weighted by atomic mass is 16.4. The lowest BCUT2D eigenvalue weighted by molar-refractivity contribution is -0.138. The van der Waals surface area contributed by atoms with Crippen molar-refractivity contribution in [2.45, 2.75) is 0 Å². The Kier molecular flexibility index (Phi) is 3.78. The third kappa shape index (κ3) is 3.09. The second-order valence-electron chi connectivity index (χ2n) is 4.28. The normalized spacial score (nSPS) is 16.2. The van der Waals surface area contributed by atoms with Crippen LogP contribution in [0.15, 0.2) is 24.3 Å². The van der Waals surface area contributed by atoms with Crippen molar-refractivity contribution in [3.63, 3.8) is 0 Å². The van der Waals surface area contributed by atoms with Gasteiger partial charge < -0.3 is 10.0 Å². The Morgan fingerprint density at radius 2 is 2.00 bits per heavy atom. The van der Waals surface area contributed by atoms with Gasteiger partial charge in [-0.25, -0.2) is 4.85 Å². The fourth-order valence-corrected chi connectivity index (χ4v) is 2.03. The second-order valence-corrected chi connectivity index (χ2v) is 4.28. The summed E-state index contributed by atoms with van der Waals surface area (Å²) in [5, 5.41) is 8.70. The highest BCUT2D eigenvalue weighted by Crippen LogP contribution is 2.21. The van der Waals surface area contributed by atoms with E-state index < -0.39 is 5.97 Å². The van der Waals surface area contributed by atoms with Crippen molar-refractivity contribution in [1.82, 2.24) is 4.90 Å². The van der Waals surface area contributed by atoms with Crippen LogP contribution in [0.3, 0.4) is 0 Å². The van der Waals surface area contributed by atoms with E-state index in [1.165, 1.54) is 0 Å². The Labute approximate surface area is 110 Å². The maximum Gasteiger partial charge on any atom is 0.317 e. The molecular weight excluding hydrogens is 246 g/mol. The van der Waals surface area contributed by atoms with Gasteiger partial charge in [-0.1, -0.05) is 12.1 Å². The predicted molar refractivity (Wildman–Crippen MR) is 69.1 cm³/mol. The molecule has 19 heavy (non-hydrogen) atoms. The smallest absolute Gasteiger partial charge is 0.317 e. The molecule has 1 saturated heterocycles. The van der Waals surface area contributed by atoms with Gasteiger partial charge in [0.05, 0.1) is 19.7 Å². The van der Waals surface area contributed by atoms with Gasteiger partial charge in [-0.15, -0.1) is 0 Å². The Morgan fingerprint density at radius 1 is 1.32 bits per heavy atom. The zero-order valence-electron chi connectivity index (χ0n) is 10.2. The Hall–Kier alpha value is -2.39. The lowest BCUT2D eigenvalue weighted by atomic mass is 10.2. The standard InChI is InChI=1S/C13H13N3O3/c1-14-10-2-4-11(5-3-10)16-7-6-15(8-12(16)17)9-13(18)19/h2-5H,6-9H2,(H,18,19). The molecule has 0 radical (unpaired) electrons. The molecular formula is C13H13N3O3. The van der Waals surface area contributed by atoms with Crippen LogP contribution < -0.4 is 4.90 Å². The van der Waals surface area contributed by atoms with Crippen molar-refractivity contribution >= 4 is 23.3 Å². The summed E-state index contributed by atoms with van der Waals surface area (Å²) in [6.45, 7) is 7.86. The summed E-state index contributed by atoms with van der Waals surface area (Å²) in [5.74, 6) is -1.05. The second kappa shape index (κ2) is 5.50. The lowest BCUT2D eigenvalue weighted by Gasteiger charge is -2.33. The SMILES string of the molecule is [C-]#[N+]c1ccc(N2CCN(CC(=O)O)CC2=O)cc1. The van der Waals surface area contributed by atoms with Gasteiger partial charge in [0.1, 0.15) is 0 Å². The van der Waals surface area contributed by atoms with Gasteiger partial charge in [0, 0.05) is 18.8 Å². The minimum absolute atomic E-state index is 0.108. The molecule has 1 aliphatic rings. The Morgan fingerprint density at radius 3 is 2.53 bits per heavy atom. The largest absolute Gasteiger partial charge is 0.480 e. The number of hydrogen-bond donors (Lipinski definition) is 1. The number of aliphatic carboxylic acids is 1. The van der Waals surface area contributed by atoms with E-state index in [2.05, 4.69) is 4.85 Å². The molecule has 1 aliphatic heterocycles. The number of amides is 1. The van der Waals surface area contributed by atoms with Gasteiger partial charge in [-0.2, -0.15) is 0 Å². The number of nitrogens with zero attached hydrogens (tertiary/aromatic N) is 3. The van der Waals surface area contributed by atoms with Crippen molar-refractivity contribution in [3.05, 3.63) is 35.7 Å². The number of carboxylic acid groups (broad SMARTS) is 1. The summed E-state index contributed by atoms with van der Waals surface area (Å²) in [6, 6.07) is 6.80. The number of carboxylic acids is 1. The van der Waals surface area contributed by atoms with Crippen molar-refractivity contribution in [2.24, 2.45) is 0 Å². The number of hydrogen-bond acceptors (Lipinski definition) is 3. The van der Waals surface area contributed by atoms with Crippen molar-refractivity contribution in [3.8, 4) is 0 Å². The molecule has 98 valence electrons. The van der Waals surface area contributed by atoms with Crippen molar-refractivity contribution < 1.29 is 14.7 Å². The van der Waals surface area contributed by atoms with Crippen LogP contribution in [-0.4, -0.2) is 48.1 Å². The van der Waals surface area contributed by atoms with Gasteiger partial charge >= 0.3 is 5.97 Å².